The van der Waals surface area contributed by atoms with Gasteiger partial charge in [-0.05, 0) is 25.0 Å². The predicted octanol–water partition coefficient (Wildman–Crippen LogP) is 0.998. The number of aliphatic hydroxyl groups is 1. The van der Waals surface area contributed by atoms with Gasteiger partial charge in [0, 0.05) is 6.20 Å². The predicted molar refractivity (Wildman–Crippen MR) is 46.8 cm³/mol. The van der Waals surface area contributed by atoms with Gasteiger partial charge in [-0.25, -0.2) is 0 Å². The number of nitrogens with zero attached hydrogens (tertiary/aromatic N) is 2. The highest BCUT2D eigenvalue weighted by Gasteiger charge is 2.49. The van der Waals surface area contributed by atoms with Crippen molar-refractivity contribution in [2.45, 2.75) is 24.4 Å². The molecule has 66 valence electrons. The second kappa shape index (κ2) is 2.82. The van der Waals surface area contributed by atoms with Crippen LogP contribution in [0.3, 0.4) is 0 Å². The second-order valence-corrected chi connectivity index (χ2v) is 3.35. The van der Waals surface area contributed by atoms with Crippen LogP contribution in [0.4, 0.5) is 0 Å². The molecule has 1 N–H and O–H groups in total. The highest BCUT2D eigenvalue weighted by Crippen LogP contribution is 2.42. The number of pyridine rings is 1. The van der Waals surface area contributed by atoms with Crippen molar-refractivity contribution in [2.75, 3.05) is 0 Å². The molecule has 1 aliphatic carbocycles. The summed E-state index contributed by atoms with van der Waals surface area (Å²) in [5, 5.41) is 18.6. The van der Waals surface area contributed by atoms with E-state index in [1.807, 2.05) is 6.07 Å². The summed E-state index contributed by atoms with van der Waals surface area (Å²) in [7, 11) is 0. The van der Waals surface area contributed by atoms with Gasteiger partial charge in [0.1, 0.15) is 5.41 Å². The third-order valence-corrected chi connectivity index (χ3v) is 2.70. The molecule has 0 bridgehead atoms. The zero-order valence-electron chi connectivity index (χ0n) is 7.14. The van der Waals surface area contributed by atoms with Crippen LogP contribution in [0.5, 0.6) is 0 Å². The molecule has 0 aliphatic heterocycles. The Bertz CT molecular complexity index is 344. The van der Waals surface area contributed by atoms with Gasteiger partial charge in [-0.1, -0.05) is 6.07 Å². The molecule has 13 heavy (non-hydrogen) atoms. The van der Waals surface area contributed by atoms with E-state index in [4.69, 9.17) is 5.26 Å². The normalized spacial score (nSPS) is 31.8. The van der Waals surface area contributed by atoms with Crippen molar-refractivity contribution in [3.63, 3.8) is 0 Å². The van der Waals surface area contributed by atoms with Crippen LogP contribution in [0.2, 0.25) is 0 Å². The molecule has 0 unspecified atom stereocenters. The molecule has 1 aromatic rings. The van der Waals surface area contributed by atoms with E-state index in [1.165, 1.54) is 0 Å². The molecule has 3 nitrogen and oxygen atoms in total. The number of rotatable bonds is 1. The van der Waals surface area contributed by atoms with Gasteiger partial charge >= 0.3 is 0 Å². The van der Waals surface area contributed by atoms with Crippen molar-refractivity contribution >= 4 is 0 Å². The van der Waals surface area contributed by atoms with Crippen LogP contribution < -0.4 is 0 Å². The monoisotopic (exact) mass is 174 g/mol. The highest BCUT2D eigenvalue weighted by atomic mass is 16.3. The van der Waals surface area contributed by atoms with E-state index in [0.29, 0.717) is 18.5 Å². The number of hydrogen-bond donors (Lipinski definition) is 1. The smallest absolute Gasteiger partial charge is 0.125 e. The molecule has 2 rings (SSSR count). The average Bonchev–Trinajstić information content (AvgIpc) is 2.19. The molecule has 3 heteroatoms. The Morgan fingerprint density at radius 2 is 2.46 bits per heavy atom. The summed E-state index contributed by atoms with van der Waals surface area (Å²) < 4.78 is 0. The molecule has 0 amide bonds. The van der Waals surface area contributed by atoms with Crippen LogP contribution in [-0.2, 0) is 5.41 Å². The van der Waals surface area contributed by atoms with E-state index < -0.39 is 11.5 Å². The lowest BCUT2D eigenvalue weighted by atomic mass is 9.65. The molecular weight excluding hydrogens is 164 g/mol. The zero-order chi connectivity index (χ0) is 9.31. The fourth-order valence-electron chi connectivity index (χ4n) is 1.68. The first-order valence-corrected chi connectivity index (χ1v) is 4.30. The first-order valence-electron chi connectivity index (χ1n) is 4.30. The number of nitriles is 1. The van der Waals surface area contributed by atoms with Gasteiger partial charge in [0.25, 0.3) is 0 Å². The average molecular weight is 174 g/mol. The van der Waals surface area contributed by atoms with Crippen LogP contribution in [-0.4, -0.2) is 16.2 Å². The van der Waals surface area contributed by atoms with Gasteiger partial charge in [-0.2, -0.15) is 5.26 Å². The first-order chi connectivity index (χ1) is 6.29. The molecule has 1 saturated carbocycles. The number of aromatic nitrogens is 1. The minimum Gasteiger partial charge on any atom is -0.391 e. The van der Waals surface area contributed by atoms with Crippen molar-refractivity contribution in [1.29, 1.82) is 5.26 Å². The number of aliphatic hydroxyl groups excluding tert-OH is 1. The molecule has 1 aliphatic rings. The van der Waals surface area contributed by atoms with Crippen molar-refractivity contribution < 1.29 is 5.11 Å². The molecule has 1 fully saturated rings. The molecule has 0 spiro atoms. The fraction of sp³-hybridized carbons (Fsp3) is 0.400. The topological polar surface area (TPSA) is 56.9 Å². The van der Waals surface area contributed by atoms with Crippen LogP contribution in [0.25, 0.3) is 0 Å². The molecule has 0 radical (unpaired) electrons. The SMILES string of the molecule is N#C[C@@]1(c2ccccn2)CC[C@@H]1O. The summed E-state index contributed by atoms with van der Waals surface area (Å²) in [5.74, 6) is 0. The van der Waals surface area contributed by atoms with Crippen LogP contribution in [0, 0.1) is 11.3 Å². The Labute approximate surface area is 76.7 Å². The lowest BCUT2D eigenvalue weighted by Crippen LogP contribution is -2.48. The Hall–Kier alpha value is -1.40. The van der Waals surface area contributed by atoms with E-state index >= 15 is 0 Å². The van der Waals surface area contributed by atoms with Crippen LogP contribution in [0.1, 0.15) is 18.5 Å². The fourth-order valence-corrected chi connectivity index (χ4v) is 1.68. The highest BCUT2D eigenvalue weighted by molar-refractivity contribution is 5.32. The Kier molecular flexibility index (Phi) is 1.78. The third kappa shape index (κ3) is 1.03. The Morgan fingerprint density at radius 3 is 2.85 bits per heavy atom. The maximum absolute atomic E-state index is 9.55. The zero-order valence-corrected chi connectivity index (χ0v) is 7.14. The lowest BCUT2D eigenvalue weighted by molar-refractivity contribution is 0.0240. The largest absolute Gasteiger partial charge is 0.391 e. The summed E-state index contributed by atoms with van der Waals surface area (Å²) in [6, 6.07) is 7.61. The van der Waals surface area contributed by atoms with Crippen molar-refractivity contribution in [3.8, 4) is 6.07 Å². The van der Waals surface area contributed by atoms with Gasteiger partial charge in [0.15, 0.2) is 0 Å². The van der Waals surface area contributed by atoms with Gasteiger partial charge in [-0.15, -0.1) is 0 Å². The van der Waals surface area contributed by atoms with Crippen molar-refractivity contribution in [2.24, 2.45) is 0 Å². The van der Waals surface area contributed by atoms with E-state index in [9.17, 15) is 5.11 Å². The molecule has 1 aromatic heterocycles. The summed E-state index contributed by atoms with van der Waals surface area (Å²) in [6.07, 6.45) is 2.51. The van der Waals surface area contributed by atoms with E-state index in [1.54, 1.807) is 18.3 Å². The van der Waals surface area contributed by atoms with Crippen LogP contribution in [0.15, 0.2) is 24.4 Å². The van der Waals surface area contributed by atoms with E-state index in [0.717, 1.165) is 0 Å². The molecule has 1 heterocycles. The minimum atomic E-state index is -0.735. The Morgan fingerprint density at radius 1 is 1.62 bits per heavy atom. The van der Waals surface area contributed by atoms with Gasteiger partial charge in [0.2, 0.25) is 0 Å². The van der Waals surface area contributed by atoms with Crippen LogP contribution >= 0.6 is 0 Å². The maximum atomic E-state index is 9.55. The third-order valence-electron chi connectivity index (χ3n) is 2.70. The molecule has 0 aromatic carbocycles. The van der Waals surface area contributed by atoms with E-state index in [-0.39, 0.29) is 0 Å². The lowest BCUT2D eigenvalue weighted by Gasteiger charge is -2.40. The summed E-state index contributed by atoms with van der Waals surface area (Å²) >= 11 is 0. The standard InChI is InChI=1S/C10H10N2O/c11-7-10(5-4-9(10)13)8-3-1-2-6-12-8/h1-3,6,9,13H,4-5H2/t9-,10+/m0/s1. The Balaban J connectivity index is 2.40. The summed E-state index contributed by atoms with van der Waals surface area (Å²) in [6.45, 7) is 0. The molecule has 2 atom stereocenters. The summed E-state index contributed by atoms with van der Waals surface area (Å²) in [4.78, 5) is 4.11. The minimum absolute atomic E-state index is 0.549. The van der Waals surface area contributed by atoms with E-state index in [2.05, 4.69) is 11.1 Å². The molecule has 0 saturated heterocycles. The maximum Gasteiger partial charge on any atom is 0.125 e. The van der Waals surface area contributed by atoms with Gasteiger partial charge in [-0.3, -0.25) is 4.98 Å². The van der Waals surface area contributed by atoms with Gasteiger partial charge < -0.3 is 5.11 Å². The summed E-state index contributed by atoms with van der Waals surface area (Å²) in [5.41, 5.74) is -0.0439. The van der Waals surface area contributed by atoms with Crippen molar-refractivity contribution in [3.05, 3.63) is 30.1 Å². The van der Waals surface area contributed by atoms with Gasteiger partial charge in [0.05, 0.1) is 17.9 Å². The number of hydrogen-bond acceptors (Lipinski definition) is 3. The second-order valence-electron chi connectivity index (χ2n) is 3.35. The van der Waals surface area contributed by atoms with Crippen molar-refractivity contribution in [1.82, 2.24) is 4.98 Å². The first kappa shape index (κ1) is 8.21. The quantitative estimate of drug-likeness (QED) is 0.691. The molecular formula is C10H10N2O.